The number of aryl methyl sites for hydroxylation is 2. The fourth-order valence-electron chi connectivity index (χ4n) is 1.87. The van der Waals surface area contributed by atoms with Gasteiger partial charge in [0.25, 0.3) is 5.95 Å². The lowest BCUT2D eigenvalue weighted by atomic mass is 10.5. The van der Waals surface area contributed by atoms with Crippen LogP contribution in [0.25, 0.3) is 5.95 Å². The van der Waals surface area contributed by atoms with Gasteiger partial charge in [0.05, 0.1) is 5.69 Å². The molecule has 0 radical (unpaired) electrons. The Balaban J connectivity index is 0.000000183. The number of aromatic nitrogens is 8. The van der Waals surface area contributed by atoms with Crippen molar-refractivity contribution in [3.8, 4) is 5.95 Å². The average Bonchev–Trinajstić information content (AvgIpc) is 3.31. The van der Waals surface area contributed by atoms with Gasteiger partial charge in [0.2, 0.25) is 15.0 Å². The van der Waals surface area contributed by atoms with Crippen LogP contribution in [0.3, 0.4) is 0 Å². The number of H-pyrrole nitrogens is 1. The van der Waals surface area contributed by atoms with Gasteiger partial charge in [-0.1, -0.05) is 46.4 Å². The molecule has 0 atom stereocenters. The summed E-state index contributed by atoms with van der Waals surface area (Å²) in [6, 6.07) is 6.50. The first-order valence-corrected chi connectivity index (χ1v) is 11.9. The summed E-state index contributed by atoms with van der Waals surface area (Å²) >= 11 is 22.4. The third-order valence-electron chi connectivity index (χ3n) is 3.19. The molecule has 15 heteroatoms. The maximum absolute atomic E-state index is 10.9. The van der Waals surface area contributed by atoms with Crippen LogP contribution in [-0.2, 0) is 9.84 Å². The van der Waals surface area contributed by atoms with E-state index in [1.807, 2.05) is 26.0 Å². The minimum absolute atomic E-state index is 0.00965. The quantitative estimate of drug-likeness (QED) is 0.297. The van der Waals surface area contributed by atoms with E-state index in [0.29, 0.717) is 16.3 Å². The third-order valence-corrected chi connectivity index (χ3v) is 4.81. The zero-order valence-electron chi connectivity index (χ0n) is 16.8. The van der Waals surface area contributed by atoms with Crippen LogP contribution >= 0.6 is 46.4 Å². The predicted molar refractivity (Wildman–Crippen MR) is 122 cm³/mol. The van der Waals surface area contributed by atoms with E-state index in [1.54, 1.807) is 12.4 Å². The largest absolute Gasteiger partial charge is 0.283 e. The number of nitrogens with zero attached hydrogens (tertiary/aromatic N) is 7. The fourth-order valence-corrected chi connectivity index (χ4v) is 3.33. The summed E-state index contributed by atoms with van der Waals surface area (Å²) < 4.78 is 23.3. The monoisotopic (exact) mass is 536 g/mol. The first-order chi connectivity index (χ1) is 14.9. The minimum Gasteiger partial charge on any atom is -0.283 e. The Morgan fingerprint density at radius 2 is 1.41 bits per heavy atom. The van der Waals surface area contributed by atoms with Gasteiger partial charge >= 0.3 is 0 Å². The molecular weight excluding hydrogens is 522 g/mol. The van der Waals surface area contributed by atoms with Gasteiger partial charge in [-0.25, -0.2) is 23.1 Å². The molecule has 0 unspecified atom stereocenters. The molecule has 1 N–H and O–H groups in total. The molecule has 0 aliphatic rings. The van der Waals surface area contributed by atoms with Gasteiger partial charge in [0, 0.05) is 36.5 Å². The normalized spacial score (nSPS) is 10.6. The first kappa shape index (κ1) is 25.9. The second-order valence-electron chi connectivity index (χ2n) is 6.02. The number of hydrogen-bond donors (Lipinski definition) is 1. The van der Waals surface area contributed by atoms with E-state index in [9.17, 15) is 8.42 Å². The topological polar surface area (TPSA) is 132 Å². The fraction of sp³-hybridized carbons (Fsp3) is 0.176. The van der Waals surface area contributed by atoms with Crippen LogP contribution < -0.4 is 0 Å². The van der Waals surface area contributed by atoms with Crippen molar-refractivity contribution in [1.29, 1.82) is 0 Å². The van der Waals surface area contributed by atoms with Crippen LogP contribution in [0.1, 0.15) is 11.4 Å². The van der Waals surface area contributed by atoms with Crippen LogP contribution in [-0.4, -0.2) is 54.6 Å². The molecule has 4 heterocycles. The number of sulfone groups is 1. The molecule has 0 saturated carbocycles. The van der Waals surface area contributed by atoms with E-state index >= 15 is 0 Å². The van der Waals surface area contributed by atoms with Crippen LogP contribution in [0.4, 0.5) is 0 Å². The summed E-state index contributed by atoms with van der Waals surface area (Å²) in [4.78, 5) is 15.0. The van der Waals surface area contributed by atoms with Gasteiger partial charge in [0.1, 0.15) is 20.6 Å². The summed E-state index contributed by atoms with van der Waals surface area (Å²) in [6.07, 6.45) is 4.46. The molecule has 10 nitrogen and oxygen atoms in total. The summed E-state index contributed by atoms with van der Waals surface area (Å²) in [5, 5.41) is 10.8. The van der Waals surface area contributed by atoms with Gasteiger partial charge in [0.15, 0.2) is 0 Å². The Morgan fingerprint density at radius 1 is 0.875 bits per heavy atom. The van der Waals surface area contributed by atoms with Crippen molar-refractivity contribution in [1.82, 2.24) is 39.9 Å². The Bertz CT molecular complexity index is 1240. The zero-order chi connectivity index (χ0) is 23.9. The Hall–Kier alpha value is -2.31. The van der Waals surface area contributed by atoms with E-state index in [4.69, 9.17) is 46.4 Å². The molecule has 4 aromatic heterocycles. The highest BCUT2D eigenvalue weighted by molar-refractivity contribution is 7.90. The molecule has 0 fully saturated rings. The molecule has 0 aromatic carbocycles. The third kappa shape index (κ3) is 8.67. The lowest BCUT2D eigenvalue weighted by Crippen LogP contribution is -2.03. The minimum atomic E-state index is -3.44. The molecule has 4 aromatic rings. The van der Waals surface area contributed by atoms with Gasteiger partial charge < -0.3 is 0 Å². The molecule has 0 aliphatic carbocycles. The Morgan fingerprint density at radius 3 is 1.75 bits per heavy atom. The molecule has 0 amide bonds. The zero-order valence-corrected chi connectivity index (χ0v) is 20.7. The van der Waals surface area contributed by atoms with E-state index in [2.05, 4.69) is 35.2 Å². The molecular formula is C17H16Cl4N8O2S. The van der Waals surface area contributed by atoms with Crippen LogP contribution in [0.15, 0.2) is 41.8 Å². The summed E-state index contributed by atoms with van der Waals surface area (Å²) in [7, 11) is -3.44. The van der Waals surface area contributed by atoms with Crippen LogP contribution in [0.2, 0.25) is 20.6 Å². The Kier molecular flexibility index (Phi) is 9.34. The van der Waals surface area contributed by atoms with E-state index in [-0.39, 0.29) is 15.5 Å². The van der Waals surface area contributed by atoms with Crippen LogP contribution in [0.5, 0.6) is 0 Å². The van der Waals surface area contributed by atoms with Crippen molar-refractivity contribution in [3.63, 3.8) is 0 Å². The van der Waals surface area contributed by atoms with E-state index < -0.39 is 9.84 Å². The number of hydrogen-bond acceptors (Lipinski definition) is 8. The SMILES string of the molecule is CS(=O)(=O)c1nc(Cl)cc(Cl)n1.Cc1ccn(-c2nc(Cl)cc(Cl)n2)n1.Cc1ccn[nH]1. The molecule has 0 spiro atoms. The molecule has 0 aliphatic heterocycles. The summed E-state index contributed by atoms with van der Waals surface area (Å²) in [5.41, 5.74) is 1.99. The summed E-state index contributed by atoms with van der Waals surface area (Å²) in [6.45, 7) is 3.84. The maximum Gasteiger partial charge on any atom is 0.253 e. The van der Waals surface area contributed by atoms with Gasteiger partial charge in [-0.15, -0.1) is 0 Å². The number of rotatable bonds is 2. The molecule has 0 bridgehead atoms. The lowest BCUT2D eigenvalue weighted by molar-refractivity contribution is 0.593. The smallest absolute Gasteiger partial charge is 0.253 e. The second-order valence-corrected chi connectivity index (χ2v) is 9.48. The van der Waals surface area contributed by atoms with Crippen molar-refractivity contribution >= 4 is 56.2 Å². The van der Waals surface area contributed by atoms with Crippen LogP contribution in [0, 0.1) is 13.8 Å². The second kappa shape index (κ2) is 11.5. The van der Waals surface area contributed by atoms with E-state index in [1.165, 1.54) is 16.8 Å². The predicted octanol–water partition coefficient (Wildman–Crippen LogP) is 4.18. The highest BCUT2D eigenvalue weighted by Gasteiger charge is 2.12. The van der Waals surface area contributed by atoms with Crippen molar-refractivity contribution in [2.45, 2.75) is 19.0 Å². The van der Waals surface area contributed by atoms with Gasteiger partial charge in [-0.3, -0.25) is 5.10 Å². The number of aromatic amines is 1. The lowest BCUT2D eigenvalue weighted by Gasteiger charge is -1.99. The number of nitrogens with one attached hydrogen (secondary N) is 1. The maximum atomic E-state index is 10.9. The van der Waals surface area contributed by atoms with Crippen molar-refractivity contribution in [2.75, 3.05) is 6.26 Å². The van der Waals surface area contributed by atoms with E-state index in [0.717, 1.165) is 17.6 Å². The highest BCUT2D eigenvalue weighted by Crippen LogP contribution is 2.14. The number of halogens is 4. The highest BCUT2D eigenvalue weighted by atomic mass is 35.5. The van der Waals surface area contributed by atoms with Crippen molar-refractivity contribution < 1.29 is 8.42 Å². The molecule has 32 heavy (non-hydrogen) atoms. The van der Waals surface area contributed by atoms with Gasteiger partial charge in [-0.05, 0) is 26.0 Å². The summed E-state index contributed by atoms with van der Waals surface area (Å²) in [5.74, 6) is 0.371. The average molecular weight is 538 g/mol. The van der Waals surface area contributed by atoms with Crippen molar-refractivity contribution in [2.24, 2.45) is 0 Å². The molecule has 4 rings (SSSR count). The van der Waals surface area contributed by atoms with Gasteiger partial charge in [-0.2, -0.15) is 20.2 Å². The standard InChI is InChI=1S/C8H6Cl2N4.C5H4Cl2N2O2S.C4H6N2/c1-5-2-3-14(13-5)8-11-6(9)4-7(10)12-8;1-12(10,11)5-8-3(6)2-4(7)9-5;1-4-2-3-5-6-4/h2-4H,1H3;2H,1H3;2-3H,1H3,(H,5,6). The van der Waals surface area contributed by atoms with Crippen molar-refractivity contribution in [3.05, 3.63) is 68.7 Å². The molecule has 170 valence electrons. The molecule has 0 saturated heterocycles. The Labute approximate surface area is 203 Å². The first-order valence-electron chi connectivity index (χ1n) is 8.53.